The molecular weight excluding hydrogens is 190 g/mol. The van der Waals surface area contributed by atoms with E-state index in [1.54, 1.807) is 0 Å². The molecule has 1 rings (SSSR count). The second-order valence-corrected chi connectivity index (χ2v) is 4.17. The average Bonchev–Trinajstić information content (AvgIpc) is 2.27. The highest BCUT2D eigenvalue weighted by Gasteiger charge is 2.24. The summed E-state index contributed by atoms with van der Waals surface area (Å²) in [6.45, 7) is 0.890. The molecule has 0 bridgehead atoms. The molecule has 0 aromatic rings. The van der Waals surface area contributed by atoms with Crippen LogP contribution in [0.2, 0.25) is 0 Å². The maximum Gasteiger partial charge on any atom is 0.232 e. The Labute approximate surface area is 91.3 Å². The zero-order chi connectivity index (χ0) is 11.1. The van der Waals surface area contributed by atoms with Gasteiger partial charge in [0.15, 0.2) is 0 Å². The van der Waals surface area contributed by atoms with E-state index in [0.29, 0.717) is 18.4 Å². The first-order chi connectivity index (χ1) is 7.27. The Hall–Kier alpha value is -1.01. The second kappa shape index (κ2) is 6.47. The van der Waals surface area contributed by atoms with Gasteiger partial charge in [-0.1, -0.05) is 18.8 Å². The summed E-state index contributed by atoms with van der Waals surface area (Å²) >= 11 is 0. The smallest absolute Gasteiger partial charge is 0.232 e. The fourth-order valence-corrected chi connectivity index (χ4v) is 2.19. The molecule has 0 aromatic carbocycles. The predicted octanol–water partition coefficient (Wildman–Crippen LogP) is 0.925. The molecule has 1 amide bonds. The van der Waals surface area contributed by atoms with E-state index >= 15 is 0 Å². The van der Waals surface area contributed by atoms with Gasteiger partial charge in [-0.3, -0.25) is 4.79 Å². The molecule has 3 heteroatoms. The SMILES string of the molecule is C#CCC(=O)NCC1CCCCC1CO. The van der Waals surface area contributed by atoms with E-state index in [0.717, 1.165) is 12.8 Å². The Bertz CT molecular complexity index is 244. The number of nitrogens with one attached hydrogen (secondary N) is 1. The van der Waals surface area contributed by atoms with Crippen LogP contribution in [0.15, 0.2) is 0 Å². The van der Waals surface area contributed by atoms with Crippen LogP contribution < -0.4 is 5.32 Å². The molecule has 3 nitrogen and oxygen atoms in total. The number of aliphatic hydroxyl groups excluding tert-OH is 1. The van der Waals surface area contributed by atoms with E-state index < -0.39 is 0 Å². The van der Waals surface area contributed by atoms with E-state index in [1.165, 1.54) is 12.8 Å². The minimum absolute atomic E-state index is 0.0836. The highest BCUT2D eigenvalue weighted by Crippen LogP contribution is 2.28. The number of rotatable bonds is 4. The van der Waals surface area contributed by atoms with Gasteiger partial charge in [-0.05, 0) is 24.7 Å². The van der Waals surface area contributed by atoms with Gasteiger partial charge in [-0.25, -0.2) is 0 Å². The Kier molecular flexibility index (Phi) is 5.20. The first kappa shape index (κ1) is 12.1. The molecule has 0 aromatic heterocycles. The third-order valence-corrected chi connectivity index (χ3v) is 3.13. The van der Waals surface area contributed by atoms with E-state index in [2.05, 4.69) is 11.2 Å². The molecule has 15 heavy (non-hydrogen) atoms. The standard InChI is InChI=1S/C12H19NO2/c1-2-5-12(15)13-8-10-6-3-4-7-11(10)9-14/h1,10-11,14H,3-9H2,(H,13,15). The van der Waals surface area contributed by atoms with Crippen molar-refractivity contribution in [1.29, 1.82) is 0 Å². The van der Waals surface area contributed by atoms with Gasteiger partial charge in [-0.15, -0.1) is 6.42 Å². The van der Waals surface area contributed by atoms with E-state index in [4.69, 9.17) is 6.42 Å². The zero-order valence-electron chi connectivity index (χ0n) is 9.04. The molecule has 0 saturated heterocycles. The van der Waals surface area contributed by atoms with Crippen LogP contribution >= 0.6 is 0 Å². The van der Waals surface area contributed by atoms with Crippen LogP contribution in [0.1, 0.15) is 32.1 Å². The number of hydrogen-bond acceptors (Lipinski definition) is 2. The summed E-state index contributed by atoms with van der Waals surface area (Å²) in [5, 5.41) is 12.0. The Morgan fingerprint density at radius 3 is 2.67 bits per heavy atom. The van der Waals surface area contributed by atoms with Crippen molar-refractivity contribution >= 4 is 5.91 Å². The molecule has 1 aliphatic rings. The van der Waals surface area contributed by atoms with E-state index in [-0.39, 0.29) is 18.9 Å². The summed E-state index contributed by atoms with van der Waals surface area (Å²) in [4.78, 5) is 11.2. The lowest BCUT2D eigenvalue weighted by Crippen LogP contribution is -2.35. The number of aliphatic hydroxyl groups is 1. The summed E-state index contributed by atoms with van der Waals surface area (Å²) in [5.74, 6) is 3.01. The molecule has 84 valence electrons. The molecule has 0 spiro atoms. The van der Waals surface area contributed by atoms with Crippen LogP contribution in [0.5, 0.6) is 0 Å². The minimum atomic E-state index is -0.0836. The van der Waals surface area contributed by atoms with E-state index in [9.17, 15) is 9.90 Å². The Morgan fingerprint density at radius 2 is 2.07 bits per heavy atom. The zero-order valence-corrected chi connectivity index (χ0v) is 9.04. The fourth-order valence-electron chi connectivity index (χ4n) is 2.19. The Balaban J connectivity index is 2.29. The van der Waals surface area contributed by atoms with Crippen molar-refractivity contribution in [3.05, 3.63) is 0 Å². The average molecular weight is 209 g/mol. The van der Waals surface area contributed by atoms with Crippen LogP contribution in [-0.2, 0) is 4.79 Å². The van der Waals surface area contributed by atoms with Crippen LogP contribution in [0.3, 0.4) is 0 Å². The molecule has 2 atom stereocenters. The minimum Gasteiger partial charge on any atom is -0.396 e. The maximum atomic E-state index is 11.2. The third kappa shape index (κ3) is 3.93. The Morgan fingerprint density at radius 1 is 1.40 bits per heavy atom. The summed E-state index contributed by atoms with van der Waals surface area (Å²) in [7, 11) is 0. The molecule has 1 fully saturated rings. The van der Waals surface area contributed by atoms with Crippen LogP contribution in [0.25, 0.3) is 0 Å². The predicted molar refractivity (Wildman–Crippen MR) is 59.0 cm³/mol. The number of hydrogen-bond donors (Lipinski definition) is 2. The summed E-state index contributed by atoms with van der Waals surface area (Å²) in [6.07, 6.45) is 9.76. The summed E-state index contributed by atoms with van der Waals surface area (Å²) in [5.41, 5.74) is 0. The van der Waals surface area contributed by atoms with Gasteiger partial charge < -0.3 is 10.4 Å². The van der Waals surface area contributed by atoms with Crippen LogP contribution in [0.4, 0.5) is 0 Å². The van der Waals surface area contributed by atoms with Crippen molar-refractivity contribution in [3.63, 3.8) is 0 Å². The molecule has 2 N–H and O–H groups in total. The van der Waals surface area contributed by atoms with Crippen molar-refractivity contribution < 1.29 is 9.90 Å². The third-order valence-electron chi connectivity index (χ3n) is 3.13. The fraction of sp³-hybridized carbons (Fsp3) is 0.750. The van der Waals surface area contributed by atoms with Gasteiger partial charge in [0.1, 0.15) is 0 Å². The maximum absolute atomic E-state index is 11.2. The molecule has 1 aliphatic carbocycles. The topological polar surface area (TPSA) is 49.3 Å². The van der Waals surface area contributed by atoms with Gasteiger partial charge in [0.2, 0.25) is 5.91 Å². The monoisotopic (exact) mass is 209 g/mol. The lowest BCUT2D eigenvalue weighted by Gasteiger charge is -2.30. The van der Waals surface area contributed by atoms with Crippen LogP contribution in [0, 0.1) is 24.2 Å². The van der Waals surface area contributed by atoms with Crippen molar-refractivity contribution in [2.45, 2.75) is 32.1 Å². The lowest BCUT2D eigenvalue weighted by atomic mass is 9.79. The quantitative estimate of drug-likeness (QED) is 0.677. The van der Waals surface area contributed by atoms with Gasteiger partial charge in [-0.2, -0.15) is 0 Å². The van der Waals surface area contributed by atoms with Crippen molar-refractivity contribution in [2.75, 3.05) is 13.2 Å². The highest BCUT2D eigenvalue weighted by atomic mass is 16.3. The first-order valence-corrected chi connectivity index (χ1v) is 5.59. The number of carbonyl (C=O) groups is 1. The molecule has 0 aliphatic heterocycles. The summed E-state index contributed by atoms with van der Waals surface area (Å²) < 4.78 is 0. The summed E-state index contributed by atoms with van der Waals surface area (Å²) in [6, 6.07) is 0. The molecule has 1 saturated carbocycles. The normalized spacial score (nSPS) is 25.6. The highest BCUT2D eigenvalue weighted by molar-refractivity contribution is 5.78. The second-order valence-electron chi connectivity index (χ2n) is 4.17. The van der Waals surface area contributed by atoms with Gasteiger partial charge >= 0.3 is 0 Å². The molecule has 0 heterocycles. The number of carbonyl (C=O) groups excluding carboxylic acids is 1. The number of terminal acetylenes is 1. The molecular formula is C12H19NO2. The molecule has 2 unspecified atom stereocenters. The van der Waals surface area contributed by atoms with Crippen molar-refractivity contribution in [3.8, 4) is 12.3 Å². The number of amides is 1. The lowest BCUT2D eigenvalue weighted by molar-refractivity contribution is -0.120. The van der Waals surface area contributed by atoms with Crippen molar-refractivity contribution in [2.24, 2.45) is 11.8 Å². The van der Waals surface area contributed by atoms with Gasteiger partial charge in [0, 0.05) is 13.2 Å². The first-order valence-electron chi connectivity index (χ1n) is 5.59. The van der Waals surface area contributed by atoms with Crippen LogP contribution in [-0.4, -0.2) is 24.2 Å². The molecule has 0 radical (unpaired) electrons. The van der Waals surface area contributed by atoms with Crippen molar-refractivity contribution in [1.82, 2.24) is 5.32 Å². The largest absolute Gasteiger partial charge is 0.396 e. The van der Waals surface area contributed by atoms with Gasteiger partial charge in [0.05, 0.1) is 6.42 Å². The van der Waals surface area contributed by atoms with E-state index in [1.807, 2.05) is 0 Å². The van der Waals surface area contributed by atoms with Gasteiger partial charge in [0.25, 0.3) is 0 Å².